The monoisotopic (exact) mass is 222 g/mol. The molecule has 1 saturated heterocycles. The lowest BCUT2D eigenvalue weighted by Crippen LogP contribution is -2.20. The maximum Gasteiger partial charge on any atom is 0.163 e. The fourth-order valence-corrected chi connectivity index (χ4v) is 0.871. The first-order chi connectivity index (χ1) is 7.02. The number of aliphatic hydroxyl groups excluding tert-OH is 1. The first-order valence-corrected chi connectivity index (χ1v) is 5.94. The molecule has 0 spiro atoms. The Morgan fingerprint density at radius 3 is 1.60 bits per heavy atom. The van der Waals surface area contributed by atoms with E-state index in [1.165, 1.54) is 0 Å². The molecule has 0 aromatic heterocycles. The van der Waals surface area contributed by atoms with Crippen LogP contribution in [0.2, 0.25) is 0 Å². The maximum atomic E-state index is 7.57. The van der Waals surface area contributed by atoms with Gasteiger partial charge in [0.25, 0.3) is 0 Å². The molecule has 15 heavy (non-hydrogen) atoms. The zero-order valence-corrected chi connectivity index (χ0v) is 11.8. The predicted octanol–water partition coefficient (Wildman–Crippen LogP) is 3.21. The Kier molecular flexibility index (Phi) is 18.8. The molecule has 0 bridgehead atoms. The van der Waals surface area contributed by atoms with E-state index in [9.17, 15) is 0 Å². The van der Waals surface area contributed by atoms with Gasteiger partial charge in [-0.25, -0.2) is 0 Å². The van der Waals surface area contributed by atoms with Crippen LogP contribution in [0.15, 0.2) is 0 Å². The lowest BCUT2D eigenvalue weighted by atomic mass is 10.4. The van der Waals surface area contributed by atoms with E-state index >= 15 is 0 Å². The van der Waals surface area contributed by atoms with Crippen LogP contribution in [0.4, 0.5) is 0 Å². The van der Waals surface area contributed by atoms with Crippen molar-refractivity contribution in [3.05, 3.63) is 0 Å². The van der Waals surface area contributed by atoms with Gasteiger partial charge < -0.3 is 14.6 Å². The van der Waals surface area contributed by atoms with Gasteiger partial charge in [0.15, 0.2) is 5.79 Å². The van der Waals surface area contributed by atoms with Crippen molar-refractivity contribution in [3.63, 3.8) is 0 Å². The average Bonchev–Trinajstić information content (AvgIpc) is 2.52. The second-order valence-electron chi connectivity index (χ2n) is 2.96. The van der Waals surface area contributed by atoms with Gasteiger partial charge in [0.05, 0.1) is 12.7 Å². The van der Waals surface area contributed by atoms with Crippen LogP contribution in [-0.2, 0) is 9.47 Å². The van der Waals surface area contributed by atoms with E-state index in [4.69, 9.17) is 14.6 Å². The van der Waals surface area contributed by atoms with Crippen LogP contribution in [-0.4, -0.2) is 30.2 Å². The largest absolute Gasteiger partial charge is 0.397 e. The molecule has 1 rings (SSSR count). The number of aliphatic hydroxyl groups is 1. The van der Waals surface area contributed by atoms with E-state index in [1.807, 2.05) is 48.5 Å². The van der Waals surface area contributed by atoms with Gasteiger partial charge in [-0.2, -0.15) is 0 Å². The normalized spacial score (nSPS) is 21.0. The maximum absolute atomic E-state index is 7.57. The Morgan fingerprint density at radius 2 is 1.53 bits per heavy atom. The summed E-state index contributed by atoms with van der Waals surface area (Å²) < 4.78 is 10.6. The molecule has 0 saturated carbocycles. The molecular formula is C12H30O3. The van der Waals surface area contributed by atoms with E-state index < -0.39 is 0 Å². The molecule has 1 N–H and O–H groups in total. The highest BCUT2D eigenvalue weighted by Crippen LogP contribution is 2.21. The standard InChI is InChI=1S/C6H12O2.C2H6O.2C2H6/c1-5-4-7-6(2,3)8-5;1-2-3;2*1-2/h5H,4H2,1-3H3;3H,2H2,1H3;2*1-2H3. The van der Waals surface area contributed by atoms with Crippen molar-refractivity contribution in [3.8, 4) is 0 Å². The van der Waals surface area contributed by atoms with Crippen LogP contribution in [0.3, 0.4) is 0 Å². The second-order valence-corrected chi connectivity index (χ2v) is 2.96. The highest BCUT2D eigenvalue weighted by Gasteiger charge is 2.29. The summed E-state index contributed by atoms with van der Waals surface area (Å²) in [6, 6.07) is 0. The van der Waals surface area contributed by atoms with Crippen LogP contribution in [0.5, 0.6) is 0 Å². The highest BCUT2D eigenvalue weighted by molar-refractivity contribution is 4.65. The van der Waals surface area contributed by atoms with E-state index in [2.05, 4.69) is 0 Å². The van der Waals surface area contributed by atoms with Crippen molar-refractivity contribution in [2.45, 2.75) is 67.3 Å². The summed E-state index contributed by atoms with van der Waals surface area (Å²) in [6.07, 6.45) is 0.269. The minimum absolute atomic E-state index is 0.250. The third kappa shape index (κ3) is 16.5. The Balaban J connectivity index is -0.000000176. The first kappa shape index (κ1) is 20.3. The molecule has 0 aromatic carbocycles. The Labute approximate surface area is 95.8 Å². The highest BCUT2D eigenvalue weighted by atomic mass is 16.7. The molecule has 1 aliphatic rings. The zero-order chi connectivity index (χ0) is 12.9. The SMILES string of the molecule is CC.CC.CC1COC(C)(C)O1.CCO. The van der Waals surface area contributed by atoms with E-state index in [0.717, 1.165) is 6.61 Å². The van der Waals surface area contributed by atoms with Gasteiger partial charge in [0, 0.05) is 6.61 Å². The van der Waals surface area contributed by atoms with Gasteiger partial charge in [0.1, 0.15) is 0 Å². The summed E-state index contributed by atoms with van der Waals surface area (Å²) in [7, 11) is 0. The van der Waals surface area contributed by atoms with Gasteiger partial charge in [-0.3, -0.25) is 0 Å². The van der Waals surface area contributed by atoms with Crippen molar-refractivity contribution in [1.82, 2.24) is 0 Å². The fraction of sp³-hybridized carbons (Fsp3) is 1.00. The van der Waals surface area contributed by atoms with Gasteiger partial charge in [-0.15, -0.1) is 0 Å². The van der Waals surface area contributed by atoms with Crippen molar-refractivity contribution in [2.24, 2.45) is 0 Å². The van der Waals surface area contributed by atoms with Crippen LogP contribution in [0, 0.1) is 0 Å². The fourth-order valence-electron chi connectivity index (χ4n) is 0.871. The summed E-state index contributed by atoms with van der Waals surface area (Å²) in [6.45, 7) is 16.5. The molecule has 0 aliphatic carbocycles. The molecule has 0 amide bonds. The molecule has 1 aliphatic heterocycles. The molecule has 1 heterocycles. The summed E-state index contributed by atoms with van der Waals surface area (Å²) in [4.78, 5) is 0. The van der Waals surface area contributed by atoms with Gasteiger partial charge >= 0.3 is 0 Å². The third-order valence-corrected chi connectivity index (χ3v) is 1.15. The summed E-state index contributed by atoms with van der Waals surface area (Å²) >= 11 is 0. The van der Waals surface area contributed by atoms with Gasteiger partial charge in [-0.05, 0) is 27.7 Å². The second kappa shape index (κ2) is 13.9. The number of hydrogen-bond donors (Lipinski definition) is 1. The molecular weight excluding hydrogens is 192 g/mol. The molecule has 0 radical (unpaired) electrons. The van der Waals surface area contributed by atoms with Crippen LogP contribution in [0.1, 0.15) is 55.4 Å². The third-order valence-electron chi connectivity index (χ3n) is 1.15. The summed E-state index contributed by atoms with van der Waals surface area (Å²) in [5.74, 6) is -0.334. The summed E-state index contributed by atoms with van der Waals surface area (Å²) in [5, 5.41) is 7.57. The zero-order valence-electron chi connectivity index (χ0n) is 11.8. The Bertz CT molecular complexity index is 103. The van der Waals surface area contributed by atoms with Crippen molar-refractivity contribution >= 4 is 0 Å². The van der Waals surface area contributed by atoms with Gasteiger partial charge in [-0.1, -0.05) is 27.7 Å². The van der Waals surface area contributed by atoms with Crippen LogP contribution in [0.25, 0.3) is 0 Å². The lowest BCUT2D eigenvalue weighted by molar-refractivity contribution is -0.136. The van der Waals surface area contributed by atoms with E-state index in [-0.39, 0.29) is 18.5 Å². The smallest absolute Gasteiger partial charge is 0.163 e. The van der Waals surface area contributed by atoms with Crippen molar-refractivity contribution < 1.29 is 14.6 Å². The predicted molar refractivity (Wildman–Crippen MR) is 66.0 cm³/mol. The van der Waals surface area contributed by atoms with Crippen LogP contribution >= 0.6 is 0 Å². The first-order valence-electron chi connectivity index (χ1n) is 5.94. The molecule has 1 unspecified atom stereocenters. The lowest BCUT2D eigenvalue weighted by Gasteiger charge is -2.15. The van der Waals surface area contributed by atoms with E-state index in [1.54, 1.807) is 6.92 Å². The topological polar surface area (TPSA) is 38.7 Å². The molecule has 0 aromatic rings. The molecule has 1 fully saturated rings. The minimum atomic E-state index is -0.334. The quantitative estimate of drug-likeness (QED) is 0.684. The molecule has 1 atom stereocenters. The van der Waals surface area contributed by atoms with Crippen molar-refractivity contribution in [2.75, 3.05) is 13.2 Å². The Morgan fingerprint density at radius 1 is 1.20 bits per heavy atom. The Hall–Kier alpha value is -0.120. The van der Waals surface area contributed by atoms with Crippen LogP contribution < -0.4 is 0 Å². The number of ether oxygens (including phenoxy) is 2. The summed E-state index contributed by atoms with van der Waals surface area (Å²) in [5.41, 5.74) is 0. The number of rotatable bonds is 0. The van der Waals surface area contributed by atoms with Gasteiger partial charge in [0.2, 0.25) is 0 Å². The number of hydrogen-bond acceptors (Lipinski definition) is 3. The van der Waals surface area contributed by atoms with E-state index in [0.29, 0.717) is 0 Å². The van der Waals surface area contributed by atoms with Crippen molar-refractivity contribution in [1.29, 1.82) is 0 Å². The minimum Gasteiger partial charge on any atom is -0.397 e. The molecule has 3 nitrogen and oxygen atoms in total. The average molecular weight is 222 g/mol. The molecule has 3 heteroatoms. The molecule has 96 valence electrons.